The third-order valence-corrected chi connectivity index (χ3v) is 4.40. The Labute approximate surface area is 149 Å². The summed E-state index contributed by atoms with van der Waals surface area (Å²) in [5.74, 6) is 1.47. The predicted molar refractivity (Wildman–Crippen MR) is 100 cm³/mol. The number of benzene rings is 1. The van der Waals surface area contributed by atoms with Gasteiger partial charge in [-0.3, -0.25) is 4.79 Å². The molecule has 0 radical (unpaired) electrons. The average Bonchev–Trinajstić information content (AvgIpc) is 2.52. The molecular formula is C19H30BrNO2. The van der Waals surface area contributed by atoms with Gasteiger partial charge >= 0.3 is 0 Å². The maximum absolute atomic E-state index is 11.7. The van der Waals surface area contributed by atoms with Crippen LogP contribution in [0, 0.1) is 0 Å². The number of nitrogens with one attached hydrogen (secondary N) is 1. The second kappa shape index (κ2) is 11.5. The summed E-state index contributed by atoms with van der Waals surface area (Å²) in [6.07, 6.45) is 5.99. The zero-order valence-electron chi connectivity index (χ0n) is 14.7. The summed E-state index contributed by atoms with van der Waals surface area (Å²) in [5, 5.41) is 2.97. The van der Waals surface area contributed by atoms with E-state index in [1.54, 1.807) is 0 Å². The molecule has 0 aliphatic carbocycles. The Morgan fingerprint density at radius 1 is 1.22 bits per heavy atom. The molecule has 4 heteroatoms. The molecule has 3 nitrogen and oxygen atoms in total. The van der Waals surface area contributed by atoms with Crippen molar-refractivity contribution in [1.29, 1.82) is 0 Å². The van der Waals surface area contributed by atoms with Crippen LogP contribution in [0.5, 0.6) is 5.75 Å². The van der Waals surface area contributed by atoms with Gasteiger partial charge in [0.25, 0.3) is 0 Å². The van der Waals surface area contributed by atoms with Gasteiger partial charge in [0.1, 0.15) is 5.75 Å². The summed E-state index contributed by atoms with van der Waals surface area (Å²) in [4.78, 5) is 11.7. The van der Waals surface area contributed by atoms with Gasteiger partial charge in [-0.1, -0.05) is 46.1 Å². The molecule has 0 atom stereocenters. The van der Waals surface area contributed by atoms with Crippen molar-refractivity contribution < 1.29 is 9.53 Å². The molecule has 0 unspecified atom stereocenters. The number of unbranched alkanes of at least 4 members (excludes halogenated alkanes) is 3. The van der Waals surface area contributed by atoms with E-state index in [4.69, 9.17) is 4.74 Å². The van der Waals surface area contributed by atoms with E-state index >= 15 is 0 Å². The highest BCUT2D eigenvalue weighted by Crippen LogP contribution is 2.28. The molecule has 0 aliphatic heterocycles. The Morgan fingerprint density at radius 3 is 2.65 bits per heavy atom. The second-order valence-corrected chi connectivity index (χ2v) is 7.06. The van der Waals surface area contributed by atoms with Crippen LogP contribution in [0.3, 0.4) is 0 Å². The molecule has 0 spiro atoms. The van der Waals surface area contributed by atoms with Crippen LogP contribution < -0.4 is 10.1 Å². The maximum Gasteiger partial charge on any atom is 0.220 e. The first-order valence-corrected chi connectivity index (χ1v) is 9.52. The van der Waals surface area contributed by atoms with Crippen LogP contribution in [0.1, 0.15) is 70.8 Å². The van der Waals surface area contributed by atoms with Gasteiger partial charge < -0.3 is 10.1 Å². The van der Waals surface area contributed by atoms with Crippen molar-refractivity contribution in [3.8, 4) is 5.75 Å². The smallest absolute Gasteiger partial charge is 0.220 e. The Kier molecular flexibility index (Phi) is 10.0. The lowest BCUT2D eigenvalue weighted by Crippen LogP contribution is -2.24. The van der Waals surface area contributed by atoms with Crippen molar-refractivity contribution in [3.63, 3.8) is 0 Å². The fourth-order valence-corrected chi connectivity index (χ4v) is 2.79. The van der Waals surface area contributed by atoms with Crippen LogP contribution in [0.4, 0.5) is 0 Å². The molecule has 1 aromatic rings. The Morgan fingerprint density at radius 2 is 2.00 bits per heavy atom. The molecule has 0 fully saturated rings. The number of carbonyl (C=O) groups excluding carboxylic acids is 1. The van der Waals surface area contributed by atoms with Crippen molar-refractivity contribution in [2.24, 2.45) is 0 Å². The van der Waals surface area contributed by atoms with Crippen molar-refractivity contribution in [1.82, 2.24) is 5.32 Å². The summed E-state index contributed by atoms with van der Waals surface area (Å²) in [6, 6.07) is 6.18. The van der Waals surface area contributed by atoms with Crippen molar-refractivity contribution >= 4 is 21.8 Å². The molecule has 0 heterocycles. The van der Waals surface area contributed by atoms with Crippen LogP contribution in [0.2, 0.25) is 0 Å². The van der Waals surface area contributed by atoms with E-state index in [-0.39, 0.29) is 5.91 Å². The highest BCUT2D eigenvalue weighted by atomic mass is 79.9. The SMILES string of the molecule is CCCCCCNC(=O)CCCOc1ccc(C(C)C)cc1Br. The molecule has 0 aromatic heterocycles. The fraction of sp³-hybridized carbons (Fsp3) is 0.632. The normalized spacial score (nSPS) is 10.8. The molecule has 1 N–H and O–H groups in total. The third-order valence-electron chi connectivity index (χ3n) is 3.78. The van der Waals surface area contributed by atoms with Crippen molar-refractivity contribution in [2.75, 3.05) is 13.2 Å². The zero-order valence-corrected chi connectivity index (χ0v) is 16.2. The Hall–Kier alpha value is -1.03. The number of hydrogen-bond acceptors (Lipinski definition) is 2. The van der Waals surface area contributed by atoms with E-state index in [9.17, 15) is 4.79 Å². The van der Waals surface area contributed by atoms with Gasteiger partial charge in [-0.2, -0.15) is 0 Å². The molecule has 0 saturated carbocycles. The van der Waals surface area contributed by atoms with Crippen molar-refractivity contribution in [3.05, 3.63) is 28.2 Å². The number of hydrogen-bond donors (Lipinski definition) is 1. The van der Waals surface area contributed by atoms with Crippen LogP contribution in [-0.4, -0.2) is 19.1 Å². The van der Waals surface area contributed by atoms with Gasteiger partial charge in [-0.25, -0.2) is 0 Å². The van der Waals surface area contributed by atoms with E-state index in [0.717, 1.165) is 29.6 Å². The average molecular weight is 384 g/mol. The minimum Gasteiger partial charge on any atom is -0.492 e. The van der Waals surface area contributed by atoms with Gasteiger partial charge in [0.2, 0.25) is 5.91 Å². The largest absolute Gasteiger partial charge is 0.492 e. The van der Waals surface area contributed by atoms with E-state index in [0.29, 0.717) is 18.9 Å². The second-order valence-electron chi connectivity index (χ2n) is 6.21. The summed E-state index contributed by atoms with van der Waals surface area (Å²) in [6.45, 7) is 7.88. The molecule has 0 aliphatic rings. The molecule has 23 heavy (non-hydrogen) atoms. The lowest BCUT2D eigenvalue weighted by atomic mass is 10.0. The minimum atomic E-state index is 0.124. The number of rotatable bonds is 11. The van der Waals surface area contributed by atoms with Gasteiger partial charge in [0.05, 0.1) is 11.1 Å². The van der Waals surface area contributed by atoms with E-state index in [2.05, 4.69) is 54.2 Å². The summed E-state index contributed by atoms with van der Waals surface area (Å²) >= 11 is 3.55. The molecule has 130 valence electrons. The predicted octanol–water partition coefficient (Wildman–Crippen LogP) is 5.43. The Balaban J connectivity index is 2.18. The first-order chi connectivity index (χ1) is 11.0. The minimum absolute atomic E-state index is 0.124. The van der Waals surface area contributed by atoms with Crippen molar-refractivity contribution in [2.45, 2.75) is 65.2 Å². The topological polar surface area (TPSA) is 38.3 Å². The number of amides is 1. The first kappa shape index (κ1) is 20.0. The summed E-state index contributed by atoms with van der Waals surface area (Å²) < 4.78 is 6.73. The van der Waals surface area contributed by atoms with Gasteiger partial charge in [-0.15, -0.1) is 0 Å². The van der Waals surface area contributed by atoms with Crippen LogP contribution >= 0.6 is 15.9 Å². The molecule has 0 saturated heterocycles. The highest BCUT2D eigenvalue weighted by molar-refractivity contribution is 9.10. The monoisotopic (exact) mass is 383 g/mol. The summed E-state index contributed by atoms with van der Waals surface area (Å²) in [5.41, 5.74) is 1.28. The van der Waals surface area contributed by atoms with Gasteiger partial charge in [0.15, 0.2) is 0 Å². The lowest BCUT2D eigenvalue weighted by Gasteiger charge is -2.11. The fourth-order valence-electron chi connectivity index (χ4n) is 2.28. The zero-order chi connectivity index (χ0) is 17.1. The van der Waals surface area contributed by atoms with Crippen LogP contribution in [0.25, 0.3) is 0 Å². The molecule has 1 aromatic carbocycles. The Bertz CT molecular complexity index is 474. The highest BCUT2D eigenvalue weighted by Gasteiger charge is 2.06. The van der Waals surface area contributed by atoms with E-state index < -0.39 is 0 Å². The molecule has 1 rings (SSSR count). The van der Waals surface area contributed by atoms with Crippen LogP contribution in [-0.2, 0) is 4.79 Å². The quantitative estimate of drug-likeness (QED) is 0.517. The number of ether oxygens (including phenoxy) is 1. The molecule has 1 amide bonds. The van der Waals surface area contributed by atoms with E-state index in [1.165, 1.54) is 24.8 Å². The molecule has 0 bridgehead atoms. The number of carbonyl (C=O) groups is 1. The summed E-state index contributed by atoms with van der Waals surface area (Å²) in [7, 11) is 0. The van der Waals surface area contributed by atoms with E-state index in [1.807, 2.05) is 6.07 Å². The molecular weight excluding hydrogens is 354 g/mol. The third kappa shape index (κ3) is 8.40. The number of halogens is 1. The van der Waals surface area contributed by atoms with Gasteiger partial charge in [-0.05, 0) is 52.4 Å². The van der Waals surface area contributed by atoms with Crippen LogP contribution in [0.15, 0.2) is 22.7 Å². The standard InChI is InChI=1S/C19H30BrNO2/c1-4-5-6-7-12-21-19(22)9-8-13-23-18-11-10-16(15(2)3)14-17(18)20/h10-11,14-15H,4-9,12-13H2,1-3H3,(H,21,22). The van der Waals surface area contributed by atoms with Gasteiger partial charge in [0, 0.05) is 13.0 Å². The lowest BCUT2D eigenvalue weighted by molar-refractivity contribution is -0.121. The first-order valence-electron chi connectivity index (χ1n) is 8.73. The maximum atomic E-state index is 11.7.